The minimum Gasteiger partial charge on any atom is -0.467 e. The van der Waals surface area contributed by atoms with Crippen LogP contribution in [0.25, 0.3) is 0 Å². The molecule has 0 N–H and O–H groups in total. The van der Waals surface area contributed by atoms with Gasteiger partial charge in [0.1, 0.15) is 11.8 Å². The highest BCUT2D eigenvalue weighted by atomic mass is 16.3. The summed E-state index contributed by atoms with van der Waals surface area (Å²) in [5, 5.41) is 6.91. The van der Waals surface area contributed by atoms with Crippen LogP contribution in [0, 0.1) is 6.92 Å². The lowest BCUT2D eigenvalue weighted by molar-refractivity contribution is 0.465. The van der Waals surface area contributed by atoms with Gasteiger partial charge in [-0.1, -0.05) is 17.7 Å². The van der Waals surface area contributed by atoms with Gasteiger partial charge in [0, 0.05) is 24.4 Å². The number of aryl methyl sites for hydroxylation is 1. The van der Waals surface area contributed by atoms with E-state index in [0.717, 1.165) is 29.1 Å². The van der Waals surface area contributed by atoms with Gasteiger partial charge in [0.25, 0.3) is 0 Å². The highest BCUT2D eigenvalue weighted by molar-refractivity contribution is 6.03. The van der Waals surface area contributed by atoms with Gasteiger partial charge in [-0.05, 0) is 43.3 Å². The lowest BCUT2D eigenvalue weighted by Crippen LogP contribution is -2.17. The van der Waals surface area contributed by atoms with Gasteiger partial charge in [-0.25, -0.2) is 0 Å². The molecule has 4 rings (SSSR count). The van der Waals surface area contributed by atoms with Crippen LogP contribution in [0.1, 0.15) is 29.3 Å². The number of anilines is 1. The van der Waals surface area contributed by atoms with Crippen LogP contribution in [-0.2, 0) is 0 Å². The smallest absolute Gasteiger partial charge is 0.128 e. The van der Waals surface area contributed by atoms with Crippen molar-refractivity contribution in [3.8, 4) is 0 Å². The van der Waals surface area contributed by atoms with Gasteiger partial charge >= 0.3 is 0 Å². The van der Waals surface area contributed by atoms with Crippen LogP contribution in [0.15, 0.2) is 76.7 Å². The van der Waals surface area contributed by atoms with Crippen molar-refractivity contribution in [3.05, 3.63) is 84.1 Å². The molecule has 4 heteroatoms. The quantitative estimate of drug-likeness (QED) is 0.723. The molecule has 0 amide bonds. The molecule has 23 heavy (non-hydrogen) atoms. The number of furan rings is 1. The van der Waals surface area contributed by atoms with Crippen molar-refractivity contribution in [3.63, 3.8) is 0 Å². The fourth-order valence-corrected chi connectivity index (χ4v) is 2.87. The summed E-state index contributed by atoms with van der Waals surface area (Å²) >= 11 is 0. The van der Waals surface area contributed by atoms with Crippen molar-refractivity contribution in [1.29, 1.82) is 0 Å². The van der Waals surface area contributed by atoms with Crippen molar-refractivity contribution in [2.24, 2.45) is 5.10 Å². The van der Waals surface area contributed by atoms with E-state index in [4.69, 9.17) is 9.52 Å². The van der Waals surface area contributed by atoms with Gasteiger partial charge in [0.15, 0.2) is 0 Å². The molecule has 0 spiro atoms. The Balaban J connectivity index is 1.74. The Bertz CT molecular complexity index is 808. The fourth-order valence-electron chi connectivity index (χ4n) is 2.87. The van der Waals surface area contributed by atoms with Crippen molar-refractivity contribution in [2.75, 3.05) is 5.01 Å². The number of pyridine rings is 1. The maximum absolute atomic E-state index is 5.65. The molecule has 0 fully saturated rings. The highest BCUT2D eigenvalue weighted by Crippen LogP contribution is 2.36. The molecule has 1 atom stereocenters. The largest absolute Gasteiger partial charge is 0.467 e. The maximum atomic E-state index is 5.65. The summed E-state index contributed by atoms with van der Waals surface area (Å²) in [5.41, 5.74) is 4.46. The first-order valence-electron chi connectivity index (χ1n) is 7.68. The number of benzene rings is 1. The van der Waals surface area contributed by atoms with E-state index in [-0.39, 0.29) is 6.04 Å². The molecule has 2 aromatic heterocycles. The van der Waals surface area contributed by atoms with E-state index in [1.807, 2.05) is 29.3 Å². The SMILES string of the molecule is Cc1ccc(N2N=C(c3ccncc3)C[C@H]2c2ccco2)cc1. The predicted octanol–water partition coefficient (Wildman–Crippen LogP) is 4.34. The summed E-state index contributed by atoms with van der Waals surface area (Å²) < 4.78 is 5.65. The van der Waals surface area contributed by atoms with Gasteiger partial charge in [0.05, 0.1) is 17.7 Å². The van der Waals surface area contributed by atoms with Crippen LogP contribution >= 0.6 is 0 Å². The van der Waals surface area contributed by atoms with Crippen LogP contribution in [0.4, 0.5) is 5.69 Å². The molecule has 0 radical (unpaired) electrons. The van der Waals surface area contributed by atoms with Crippen molar-refractivity contribution >= 4 is 11.4 Å². The van der Waals surface area contributed by atoms with Gasteiger partial charge < -0.3 is 4.42 Å². The minimum atomic E-state index is 0.0795. The molecule has 4 nitrogen and oxygen atoms in total. The van der Waals surface area contributed by atoms with E-state index in [0.29, 0.717) is 0 Å². The predicted molar refractivity (Wildman–Crippen MR) is 90.5 cm³/mol. The molecule has 1 aliphatic heterocycles. The molecule has 0 aliphatic carbocycles. The molecule has 0 bridgehead atoms. The molecule has 0 unspecified atom stereocenters. The van der Waals surface area contributed by atoms with Crippen molar-refractivity contribution in [2.45, 2.75) is 19.4 Å². The van der Waals surface area contributed by atoms with Gasteiger partial charge in [0.2, 0.25) is 0 Å². The van der Waals surface area contributed by atoms with E-state index in [1.54, 1.807) is 18.7 Å². The summed E-state index contributed by atoms with van der Waals surface area (Å²) in [5.74, 6) is 0.929. The zero-order valence-corrected chi connectivity index (χ0v) is 12.9. The Hall–Kier alpha value is -2.88. The molecule has 3 aromatic rings. The topological polar surface area (TPSA) is 41.6 Å². The standard InChI is InChI=1S/C19H17N3O/c1-14-4-6-16(7-5-14)22-18(19-3-2-12-23-19)13-17(21-22)15-8-10-20-11-9-15/h2-12,18H,13H2,1H3/t18-/m0/s1. The summed E-state index contributed by atoms with van der Waals surface area (Å²) in [6.07, 6.45) is 6.13. The second kappa shape index (κ2) is 5.72. The Kier molecular flexibility index (Phi) is 3.42. The average Bonchev–Trinajstić information content (AvgIpc) is 3.26. The molecular weight excluding hydrogens is 286 g/mol. The molecule has 1 aromatic carbocycles. The van der Waals surface area contributed by atoms with Crippen LogP contribution in [0.2, 0.25) is 0 Å². The summed E-state index contributed by atoms with van der Waals surface area (Å²) in [6, 6.07) is 16.4. The van der Waals surface area contributed by atoms with E-state index >= 15 is 0 Å². The molecular formula is C19H17N3O. The highest BCUT2D eigenvalue weighted by Gasteiger charge is 2.31. The third-order valence-electron chi connectivity index (χ3n) is 4.09. The van der Waals surface area contributed by atoms with Crippen LogP contribution < -0.4 is 5.01 Å². The van der Waals surface area contributed by atoms with Crippen molar-refractivity contribution < 1.29 is 4.42 Å². The molecule has 1 aliphatic rings. The molecule has 0 saturated carbocycles. The van der Waals surface area contributed by atoms with Crippen LogP contribution in [0.3, 0.4) is 0 Å². The fraction of sp³-hybridized carbons (Fsp3) is 0.158. The third-order valence-corrected chi connectivity index (χ3v) is 4.09. The zero-order valence-electron chi connectivity index (χ0n) is 12.9. The zero-order chi connectivity index (χ0) is 15.6. The molecule has 0 saturated heterocycles. The summed E-state index contributed by atoms with van der Waals surface area (Å²) in [4.78, 5) is 4.09. The minimum absolute atomic E-state index is 0.0795. The second-order valence-corrected chi connectivity index (χ2v) is 5.70. The average molecular weight is 303 g/mol. The summed E-state index contributed by atoms with van der Waals surface area (Å²) in [6.45, 7) is 2.09. The monoisotopic (exact) mass is 303 g/mol. The first kappa shape index (κ1) is 13.8. The number of hydrogen-bond acceptors (Lipinski definition) is 4. The third kappa shape index (κ3) is 2.63. The van der Waals surface area contributed by atoms with E-state index in [1.165, 1.54) is 5.56 Å². The second-order valence-electron chi connectivity index (χ2n) is 5.70. The van der Waals surface area contributed by atoms with E-state index < -0.39 is 0 Å². The lowest BCUT2D eigenvalue weighted by atomic mass is 10.0. The van der Waals surface area contributed by atoms with Crippen LogP contribution in [0.5, 0.6) is 0 Å². The first-order chi connectivity index (χ1) is 11.3. The normalized spacial score (nSPS) is 17.3. The van der Waals surface area contributed by atoms with Gasteiger partial charge in [-0.3, -0.25) is 9.99 Å². The van der Waals surface area contributed by atoms with Gasteiger partial charge in [-0.2, -0.15) is 5.10 Å². The lowest BCUT2D eigenvalue weighted by Gasteiger charge is -2.21. The first-order valence-corrected chi connectivity index (χ1v) is 7.68. The van der Waals surface area contributed by atoms with E-state index in [2.05, 4.69) is 36.2 Å². The van der Waals surface area contributed by atoms with Crippen LogP contribution in [-0.4, -0.2) is 10.7 Å². The number of hydrogen-bond donors (Lipinski definition) is 0. The Morgan fingerprint density at radius 3 is 2.52 bits per heavy atom. The Morgan fingerprint density at radius 1 is 1.04 bits per heavy atom. The maximum Gasteiger partial charge on any atom is 0.128 e. The Labute approximate surface area is 135 Å². The Morgan fingerprint density at radius 2 is 1.83 bits per heavy atom. The van der Waals surface area contributed by atoms with Crippen molar-refractivity contribution in [1.82, 2.24) is 4.98 Å². The summed E-state index contributed by atoms with van der Waals surface area (Å²) in [7, 11) is 0. The number of rotatable bonds is 3. The molecule has 3 heterocycles. The number of aromatic nitrogens is 1. The van der Waals surface area contributed by atoms with Gasteiger partial charge in [-0.15, -0.1) is 0 Å². The molecule has 114 valence electrons. The number of nitrogens with zero attached hydrogens (tertiary/aromatic N) is 3. The van der Waals surface area contributed by atoms with E-state index in [9.17, 15) is 0 Å². The number of hydrazone groups is 1.